The molecule has 1 N–H and O–H groups in total. The number of esters is 1. The molecule has 0 aliphatic rings. The molecule has 0 aliphatic carbocycles. The van der Waals surface area contributed by atoms with Crippen molar-refractivity contribution in [2.24, 2.45) is 0 Å². The highest BCUT2D eigenvalue weighted by Crippen LogP contribution is 2.17. The van der Waals surface area contributed by atoms with E-state index in [-0.39, 0.29) is 12.5 Å². The molecular weight excluding hydrogens is 240 g/mol. The number of hydrogen-bond donors (Lipinski definition) is 1. The highest BCUT2D eigenvalue weighted by molar-refractivity contribution is 7.08. The van der Waals surface area contributed by atoms with Crippen molar-refractivity contribution in [2.75, 3.05) is 27.7 Å². The molecular formula is C11H16N2O3S. The van der Waals surface area contributed by atoms with Gasteiger partial charge in [0.2, 0.25) is 5.91 Å². The van der Waals surface area contributed by atoms with E-state index in [2.05, 4.69) is 10.1 Å². The second kappa shape index (κ2) is 6.36. The number of carbonyl (C=O) groups is 2. The molecule has 0 unspecified atom stereocenters. The van der Waals surface area contributed by atoms with E-state index in [1.54, 1.807) is 25.1 Å². The average molecular weight is 256 g/mol. The third-order valence-corrected chi connectivity index (χ3v) is 2.78. The second-order valence-corrected chi connectivity index (χ2v) is 4.60. The molecule has 1 atom stereocenters. The van der Waals surface area contributed by atoms with Crippen molar-refractivity contribution in [3.05, 3.63) is 22.4 Å². The molecule has 94 valence electrons. The quantitative estimate of drug-likeness (QED) is 0.785. The van der Waals surface area contributed by atoms with Crippen LogP contribution in [-0.2, 0) is 14.3 Å². The molecule has 0 spiro atoms. The van der Waals surface area contributed by atoms with Crippen molar-refractivity contribution in [3.63, 3.8) is 0 Å². The smallest absolute Gasteiger partial charge is 0.333 e. The molecule has 0 saturated heterocycles. The SMILES string of the molecule is COC(=O)[C@H](NC(=O)CN(C)C)c1ccsc1. The van der Waals surface area contributed by atoms with Gasteiger partial charge in [-0.2, -0.15) is 11.3 Å². The van der Waals surface area contributed by atoms with Crippen LogP contribution in [0.5, 0.6) is 0 Å². The summed E-state index contributed by atoms with van der Waals surface area (Å²) in [5, 5.41) is 6.32. The molecule has 0 aliphatic heterocycles. The predicted molar refractivity (Wildman–Crippen MR) is 65.8 cm³/mol. The zero-order chi connectivity index (χ0) is 12.8. The summed E-state index contributed by atoms with van der Waals surface area (Å²) < 4.78 is 4.68. The Morgan fingerprint density at radius 3 is 2.71 bits per heavy atom. The van der Waals surface area contributed by atoms with Crippen molar-refractivity contribution in [3.8, 4) is 0 Å². The Kier molecular flexibility index (Phi) is 5.11. The van der Waals surface area contributed by atoms with Crippen LogP contribution in [-0.4, -0.2) is 44.5 Å². The van der Waals surface area contributed by atoms with Gasteiger partial charge in [0.1, 0.15) is 0 Å². The van der Waals surface area contributed by atoms with Crippen LogP contribution in [0.25, 0.3) is 0 Å². The lowest BCUT2D eigenvalue weighted by atomic mass is 10.1. The fourth-order valence-electron chi connectivity index (χ4n) is 1.33. The minimum atomic E-state index is -0.723. The predicted octanol–water partition coefficient (Wildman–Crippen LogP) is 0.640. The van der Waals surface area contributed by atoms with E-state index in [1.807, 2.05) is 10.8 Å². The molecule has 1 rings (SSSR count). The summed E-state index contributed by atoms with van der Waals surface area (Å²) in [6.07, 6.45) is 0. The lowest BCUT2D eigenvalue weighted by molar-refractivity contribution is -0.145. The van der Waals surface area contributed by atoms with Crippen molar-refractivity contribution < 1.29 is 14.3 Å². The third kappa shape index (κ3) is 4.16. The van der Waals surface area contributed by atoms with Gasteiger partial charge in [-0.15, -0.1) is 0 Å². The molecule has 6 heteroatoms. The van der Waals surface area contributed by atoms with Gasteiger partial charge in [-0.3, -0.25) is 4.79 Å². The first-order valence-corrected chi connectivity index (χ1v) is 6.03. The number of amides is 1. The minimum absolute atomic E-state index is 0.211. The topological polar surface area (TPSA) is 58.6 Å². The lowest BCUT2D eigenvalue weighted by Gasteiger charge is -2.17. The number of rotatable bonds is 5. The third-order valence-electron chi connectivity index (χ3n) is 2.08. The first-order chi connectivity index (χ1) is 8.04. The Balaban J connectivity index is 2.72. The summed E-state index contributed by atoms with van der Waals surface area (Å²) >= 11 is 1.47. The number of hydrogen-bond acceptors (Lipinski definition) is 5. The van der Waals surface area contributed by atoms with Crippen LogP contribution in [0.15, 0.2) is 16.8 Å². The fourth-order valence-corrected chi connectivity index (χ4v) is 2.02. The minimum Gasteiger partial charge on any atom is -0.467 e. The Bertz CT molecular complexity index is 376. The Labute approximate surface area is 104 Å². The van der Waals surface area contributed by atoms with Gasteiger partial charge in [0.25, 0.3) is 0 Å². The van der Waals surface area contributed by atoms with Gasteiger partial charge < -0.3 is 15.0 Å². The number of thiophene rings is 1. The molecule has 1 aromatic rings. The summed E-state index contributed by atoms with van der Waals surface area (Å²) in [4.78, 5) is 24.9. The summed E-state index contributed by atoms with van der Waals surface area (Å²) in [6.45, 7) is 0.234. The molecule has 0 radical (unpaired) electrons. The van der Waals surface area contributed by atoms with Crippen LogP contribution in [0.1, 0.15) is 11.6 Å². The van der Waals surface area contributed by atoms with Gasteiger partial charge in [-0.05, 0) is 36.5 Å². The maximum Gasteiger partial charge on any atom is 0.333 e. The molecule has 0 saturated carbocycles. The zero-order valence-electron chi connectivity index (χ0n) is 10.1. The van der Waals surface area contributed by atoms with Gasteiger partial charge in [0.15, 0.2) is 6.04 Å². The summed E-state index contributed by atoms with van der Waals surface area (Å²) in [5.41, 5.74) is 0.744. The normalized spacial score (nSPS) is 12.2. The Hall–Kier alpha value is -1.40. The van der Waals surface area contributed by atoms with Crippen molar-refractivity contribution in [2.45, 2.75) is 6.04 Å². The summed E-state index contributed by atoms with van der Waals surface area (Å²) in [7, 11) is 4.88. The van der Waals surface area contributed by atoms with Gasteiger partial charge in [0.05, 0.1) is 13.7 Å². The van der Waals surface area contributed by atoms with Gasteiger partial charge in [-0.1, -0.05) is 0 Å². The molecule has 5 nitrogen and oxygen atoms in total. The van der Waals surface area contributed by atoms with Gasteiger partial charge in [-0.25, -0.2) is 4.79 Å². The van der Waals surface area contributed by atoms with Crippen molar-refractivity contribution in [1.29, 1.82) is 0 Å². The molecule has 17 heavy (non-hydrogen) atoms. The zero-order valence-corrected chi connectivity index (χ0v) is 10.9. The van der Waals surface area contributed by atoms with E-state index >= 15 is 0 Å². The maximum absolute atomic E-state index is 11.6. The average Bonchev–Trinajstić information content (AvgIpc) is 2.77. The van der Waals surface area contributed by atoms with E-state index in [0.717, 1.165) is 5.56 Å². The van der Waals surface area contributed by atoms with Crippen LogP contribution in [0.4, 0.5) is 0 Å². The summed E-state index contributed by atoms with van der Waals surface area (Å²) in [5.74, 6) is -0.674. The number of ether oxygens (including phenoxy) is 1. The molecule has 0 aromatic carbocycles. The van der Waals surface area contributed by atoms with E-state index in [0.29, 0.717) is 0 Å². The molecule has 0 fully saturated rings. The molecule has 1 amide bonds. The van der Waals surface area contributed by atoms with Crippen LogP contribution in [0.2, 0.25) is 0 Å². The van der Waals surface area contributed by atoms with E-state index < -0.39 is 12.0 Å². The first kappa shape index (κ1) is 13.7. The number of carbonyl (C=O) groups excluding carboxylic acids is 2. The van der Waals surface area contributed by atoms with Gasteiger partial charge in [0, 0.05) is 0 Å². The second-order valence-electron chi connectivity index (χ2n) is 3.82. The lowest BCUT2D eigenvalue weighted by Crippen LogP contribution is -2.39. The van der Waals surface area contributed by atoms with Crippen LogP contribution in [0.3, 0.4) is 0 Å². The molecule has 0 bridgehead atoms. The maximum atomic E-state index is 11.6. The molecule has 1 heterocycles. The first-order valence-electron chi connectivity index (χ1n) is 5.08. The standard InChI is InChI=1S/C11H16N2O3S/c1-13(2)6-9(14)12-10(11(15)16-3)8-4-5-17-7-8/h4-5,7,10H,6H2,1-3H3,(H,12,14)/t10-/m1/s1. The Morgan fingerprint density at radius 2 is 2.24 bits per heavy atom. The molecule has 1 aromatic heterocycles. The number of nitrogens with zero attached hydrogens (tertiary/aromatic N) is 1. The fraction of sp³-hybridized carbons (Fsp3) is 0.455. The number of likely N-dealkylation sites (N-methyl/N-ethyl adjacent to an activating group) is 1. The van der Waals surface area contributed by atoms with Gasteiger partial charge >= 0.3 is 5.97 Å². The van der Waals surface area contributed by atoms with Crippen LogP contribution < -0.4 is 5.32 Å². The van der Waals surface area contributed by atoms with E-state index in [9.17, 15) is 9.59 Å². The van der Waals surface area contributed by atoms with E-state index in [1.165, 1.54) is 18.4 Å². The van der Waals surface area contributed by atoms with Crippen molar-refractivity contribution in [1.82, 2.24) is 10.2 Å². The van der Waals surface area contributed by atoms with E-state index in [4.69, 9.17) is 0 Å². The van der Waals surface area contributed by atoms with Crippen LogP contribution >= 0.6 is 11.3 Å². The van der Waals surface area contributed by atoms with Crippen molar-refractivity contribution >= 4 is 23.2 Å². The number of nitrogens with one attached hydrogen (secondary N) is 1. The highest BCUT2D eigenvalue weighted by atomic mass is 32.1. The van der Waals surface area contributed by atoms with Crippen LogP contribution in [0, 0.1) is 0 Å². The number of methoxy groups -OCH3 is 1. The summed E-state index contributed by atoms with van der Waals surface area (Å²) in [6, 6.07) is 1.07. The Morgan fingerprint density at radius 1 is 1.53 bits per heavy atom. The monoisotopic (exact) mass is 256 g/mol. The largest absolute Gasteiger partial charge is 0.467 e. The highest BCUT2D eigenvalue weighted by Gasteiger charge is 2.23.